The molecule has 0 aliphatic rings. The molecule has 0 fully saturated rings. The smallest absolute Gasteiger partial charge is 0.146 e. The first kappa shape index (κ1) is 14.8. The Bertz CT molecular complexity index is 359. The molecule has 0 heterocycles. The summed E-state index contributed by atoms with van der Waals surface area (Å²) in [6, 6.07) is 5.64. The molecule has 1 aromatic carbocycles. The van der Waals surface area contributed by atoms with Gasteiger partial charge in [0.15, 0.2) is 0 Å². The van der Waals surface area contributed by atoms with Gasteiger partial charge in [-0.15, -0.1) is 0 Å². The highest BCUT2D eigenvalue weighted by molar-refractivity contribution is 9.08. The molecule has 0 radical (unpaired) electrons. The number of para-hydroxylation sites is 1. The van der Waals surface area contributed by atoms with E-state index in [0.717, 1.165) is 23.4 Å². The fourth-order valence-electron chi connectivity index (χ4n) is 1.94. The molecule has 0 aliphatic heterocycles. The summed E-state index contributed by atoms with van der Waals surface area (Å²) in [5.74, 6) is 0.882. The standard InChI is InChI=1S/C13H19BrFNS/c1-4-11(9-17-3)16(2)13-10(8-14)6-5-7-12(13)15/h5-7,11H,4,8-9H2,1-3H3. The summed E-state index contributed by atoms with van der Waals surface area (Å²) in [5.41, 5.74) is 1.73. The van der Waals surface area contributed by atoms with Crippen LogP contribution in [0.1, 0.15) is 18.9 Å². The lowest BCUT2D eigenvalue weighted by atomic mass is 10.1. The largest absolute Gasteiger partial charge is 0.368 e. The molecule has 1 nitrogen and oxygen atoms in total. The Morgan fingerprint density at radius 2 is 2.18 bits per heavy atom. The molecule has 1 rings (SSSR count). The molecule has 1 atom stereocenters. The molecule has 0 bridgehead atoms. The Labute approximate surface area is 116 Å². The molecule has 17 heavy (non-hydrogen) atoms. The van der Waals surface area contributed by atoms with Gasteiger partial charge in [0.05, 0.1) is 5.69 Å². The highest BCUT2D eigenvalue weighted by Crippen LogP contribution is 2.28. The molecule has 0 aliphatic carbocycles. The van der Waals surface area contributed by atoms with Gasteiger partial charge in [-0.2, -0.15) is 11.8 Å². The quantitative estimate of drug-likeness (QED) is 0.719. The Hall–Kier alpha value is -0.220. The van der Waals surface area contributed by atoms with Crippen LogP contribution in [0.2, 0.25) is 0 Å². The first-order valence-electron chi connectivity index (χ1n) is 5.70. The number of hydrogen-bond donors (Lipinski definition) is 0. The number of anilines is 1. The van der Waals surface area contributed by atoms with Gasteiger partial charge in [0.2, 0.25) is 0 Å². The molecule has 0 aromatic heterocycles. The number of thioether (sulfide) groups is 1. The lowest BCUT2D eigenvalue weighted by Crippen LogP contribution is -2.34. The lowest BCUT2D eigenvalue weighted by molar-refractivity contribution is 0.600. The van der Waals surface area contributed by atoms with Gasteiger partial charge in [0, 0.05) is 24.2 Å². The third-order valence-electron chi connectivity index (χ3n) is 2.95. The molecule has 4 heteroatoms. The minimum Gasteiger partial charge on any atom is -0.368 e. The van der Waals surface area contributed by atoms with E-state index in [-0.39, 0.29) is 5.82 Å². The van der Waals surface area contributed by atoms with E-state index in [0.29, 0.717) is 11.4 Å². The first-order chi connectivity index (χ1) is 8.15. The fraction of sp³-hybridized carbons (Fsp3) is 0.538. The van der Waals surface area contributed by atoms with E-state index in [9.17, 15) is 4.39 Å². The zero-order chi connectivity index (χ0) is 12.8. The predicted octanol–water partition coefficient (Wildman–Crippen LogP) is 4.30. The second kappa shape index (κ2) is 7.27. The van der Waals surface area contributed by atoms with Crippen molar-refractivity contribution in [3.8, 4) is 0 Å². The van der Waals surface area contributed by atoms with E-state index in [1.54, 1.807) is 17.8 Å². The maximum atomic E-state index is 14.0. The third-order valence-corrected chi connectivity index (χ3v) is 4.27. The predicted molar refractivity (Wildman–Crippen MR) is 79.9 cm³/mol. The summed E-state index contributed by atoms with van der Waals surface area (Å²) in [4.78, 5) is 2.07. The molecule has 0 N–H and O–H groups in total. The number of hydrogen-bond acceptors (Lipinski definition) is 2. The summed E-state index contributed by atoms with van der Waals surface area (Å²) in [5, 5.41) is 0.681. The summed E-state index contributed by atoms with van der Waals surface area (Å²) in [6.07, 6.45) is 3.11. The van der Waals surface area contributed by atoms with Crippen molar-refractivity contribution in [3.63, 3.8) is 0 Å². The van der Waals surface area contributed by atoms with Crippen molar-refractivity contribution < 1.29 is 4.39 Å². The van der Waals surface area contributed by atoms with E-state index >= 15 is 0 Å². The minimum absolute atomic E-state index is 0.135. The van der Waals surface area contributed by atoms with Crippen molar-refractivity contribution in [2.24, 2.45) is 0 Å². The molecular weight excluding hydrogens is 301 g/mol. The average Bonchev–Trinajstić information content (AvgIpc) is 2.34. The van der Waals surface area contributed by atoms with E-state index in [1.807, 2.05) is 13.1 Å². The molecule has 0 saturated heterocycles. The Kier molecular flexibility index (Phi) is 6.34. The second-order valence-corrected chi connectivity index (χ2v) is 5.48. The Balaban J connectivity index is 3.04. The minimum atomic E-state index is -0.135. The molecule has 0 amide bonds. The number of halogens is 2. The second-order valence-electron chi connectivity index (χ2n) is 4.01. The summed E-state index contributed by atoms with van der Waals surface area (Å²) in [7, 11) is 1.98. The summed E-state index contributed by atoms with van der Waals surface area (Å²) >= 11 is 5.22. The molecule has 1 unspecified atom stereocenters. The van der Waals surface area contributed by atoms with Gasteiger partial charge in [-0.1, -0.05) is 35.0 Å². The van der Waals surface area contributed by atoms with Crippen molar-refractivity contribution in [3.05, 3.63) is 29.6 Å². The third kappa shape index (κ3) is 3.62. The maximum Gasteiger partial charge on any atom is 0.146 e. The van der Waals surface area contributed by atoms with Gasteiger partial charge in [-0.25, -0.2) is 4.39 Å². The molecular formula is C13H19BrFNS. The van der Waals surface area contributed by atoms with Crippen molar-refractivity contribution in [1.82, 2.24) is 0 Å². The van der Waals surface area contributed by atoms with Gasteiger partial charge in [-0.05, 0) is 24.3 Å². The van der Waals surface area contributed by atoms with Crippen LogP contribution in [-0.4, -0.2) is 25.1 Å². The summed E-state index contributed by atoms with van der Waals surface area (Å²) < 4.78 is 14.0. The lowest BCUT2D eigenvalue weighted by Gasteiger charge is -2.30. The first-order valence-corrected chi connectivity index (χ1v) is 8.22. The normalized spacial score (nSPS) is 12.5. The van der Waals surface area contributed by atoms with Crippen LogP contribution in [0.4, 0.5) is 10.1 Å². The molecule has 0 spiro atoms. The number of alkyl halides is 1. The number of nitrogens with zero attached hydrogens (tertiary/aromatic N) is 1. The molecule has 96 valence electrons. The maximum absolute atomic E-state index is 14.0. The topological polar surface area (TPSA) is 3.24 Å². The van der Waals surface area contributed by atoms with Crippen LogP contribution in [0.3, 0.4) is 0 Å². The average molecular weight is 320 g/mol. The van der Waals surface area contributed by atoms with Crippen LogP contribution < -0.4 is 4.90 Å². The zero-order valence-electron chi connectivity index (χ0n) is 10.5. The fourth-order valence-corrected chi connectivity index (χ4v) is 3.24. The van der Waals surface area contributed by atoms with E-state index in [2.05, 4.69) is 34.0 Å². The van der Waals surface area contributed by atoms with E-state index in [4.69, 9.17) is 0 Å². The van der Waals surface area contributed by atoms with Gasteiger partial charge < -0.3 is 4.90 Å². The van der Waals surface area contributed by atoms with Crippen LogP contribution in [0.15, 0.2) is 18.2 Å². The van der Waals surface area contributed by atoms with E-state index in [1.165, 1.54) is 6.07 Å². The van der Waals surface area contributed by atoms with Crippen molar-refractivity contribution in [2.45, 2.75) is 24.7 Å². The van der Waals surface area contributed by atoms with Gasteiger partial charge in [-0.3, -0.25) is 0 Å². The van der Waals surface area contributed by atoms with Crippen molar-refractivity contribution in [1.29, 1.82) is 0 Å². The summed E-state index contributed by atoms with van der Waals surface area (Å²) in [6.45, 7) is 2.14. The van der Waals surface area contributed by atoms with Crippen LogP contribution in [-0.2, 0) is 5.33 Å². The Morgan fingerprint density at radius 1 is 1.47 bits per heavy atom. The zero-order valence-corrected chi connectivity index (χ0v) is 12.9. The Morgan fingerprint density at radius 3 is 2.71 bits per heavy atom. The number of benzene rings is 1. The molecule has 1 aromatic rings. The van der Waals surface area contributed by atoms with Crippen LogP contribution >= 0.6 is 27.7 Å². The monoisotopic (exact) mass is 319 g/mol. The van der Waals surface area contributed by atoms with Crippen LogP contribution in [0.25, 0.3) is 0 Å². The molecule has 0 saturated carbocycles. The number of rotatable bonds is 6. The van der Waals surface area contributed by atoms with Crippen molar-refractivity contribution in [2.75, 3.05) is 24.0 Å². The van der Waals surface area contributed by atoms with Gasteiger partial charge in [0.25, 0.3) is 0 Å². The van der Waals surface area contributed by atoms with Crippen LogP contribution in [0, 0.1) is 5.82 Å². The highest BCUT2D eigenvalue weighted by Gasteiger charge is 2.18. The van der Waals surface area contributed by atoms with Gasteiger partial charge >= 0.3 is 0 Å². The van der Waals surface area contributed by atoms with E-state index < -0.39 is 0 Å². The van der Waals surface area contributed by atoms with Gasteiger partial charge in [0.1, 0.15) is 5.82 Å². The van der Waals surface area contributed by atoms with Crippen LogP contribution in [0.5, 0.6) is 0 Å². The van der Waals surface area contributed by atoms with Crippen molar-refractivity contribution >= 4 is 33.4 Å². The highest BCUT2D eigenvalue weighted by atomic mass is 79.9. The SMILES string of the molecule is CCC(CSC)N(C)c1c(F)cccc1CBr.